The Morgan fingerprint density at radius 1 is 1.24 bits per heavy atom. The summed E-state index contributed by atoms with van der Waals surface area (Å²) in [6.07, 6.45) is 11.1. The van der Waals surface area contributed by atoms with Crippen LogP contribution in [0.1, 0.15) is 113 Å². The third-order valence-corrected chi connectivity index (χ3v) is 11.0. The van der Waals surface area contributed by atoms with Crippen molar-refractivity contribution < 1.29 is 19.5 Å². The highest BCUT2D eigenvalue weighted by Gasteiger charge is 2.53. The van der Waals surface area contributed by atoms with Crippen molar-refractivity contribution in [3.05, 3.63) is 23.3 Å². The van der Waals surface area contributed by atoms with Crippen LogP contribution in [0.25, 0.3) is 0 Å². The van der Waals surface area contributed by atoms with Crippen LogP contribution in [0, 0.1) is 50.7 Å². The number of rotatable bonds is 8. The summed E-state index contributed by atoms with van der Waals surface area (Å²) in [5.74, 6) is -1.37. The Morgan fingerprint density at radius 3 is 2.49 bits per heavy atom. The van der Waals surface area contributed by atoms with Crippen molar-refractivity contribution in [2.24, 2.45) is 39.4 Å². The summed E-state index contributed by atoms with van der Waals surface area (Å²) in [5, 5.41) is 20.0. The molecule has 0 bridgehead atoms. The molecule has 3 aliphatic rings. The number of carbonyl (C=O) groups excluding carboxylic acids is 2. The van der Waals surface area contributed by atoms with Crippen molar-refractivity contribution in [2.45, 2.75) is 113 Å². The van der Waals surface area contributed by atoms with Crippen molar-refractivity contribution >= 4 is 17.5 Å². The predicted octanol–water partition coefficient (Wildman–Crippen LogP) is 7.46. The van der Waals surface area contributed by atoms with E-state index in [1.54, 1.807) is 6.08 Å². The van der Waals surface area contributed by atoms with Gasteiger partial charge in [0, 0.05) is 17.3 Å². The third kappa shape index (κ3) is 5.36. The fourth-order valence-electron chi connectivity index (χ4n) is 7.26. The van der Waals surface area contributed by atoms with Crippen LogP contribution in [-0.2, 0) is 14.4 Å². The van der Waals surface area contributed by atoms with Gasteiger partial charge in [-0.2, -0.15) is 5.26 Å². The van der Waals surface area contributed by atoms with Crippen molar-refractivity contribution in [1.29, 1.82) is 5.26 Å². The first-order chi connectivity index (χ1) is 17.2. The van der Waals surface area contributed by atoms with Crippen LogP contribution >= 0.6 is 0 Å². The van der Waals surface area contributed by atoms with Crippen LogP contribution < -0.4 is 0 Å². The molecule has 0 aromatic heterocycles. The van der Waals surface area contributed by atoms with E-state index in [4.69, 9.17) is 0 Å². The van der Waals surface area contributed by atoms with Gasteiger partial charge in [0.05, 0.1) is 11.0 Å². The standard InChI is InChI=1S/C32H47NO4/c1-8-29(4,5)13-15-32(28(36)37)16-14-30(6,9-2)25(19-32)26(34)17-23-11-10-12-24-21(3)27(35)22(20-33)18-31(23,24)7/h17-18,21,24-25H,8-16,19H2,1-7H3,(H,36,37)/b23-17+/t21-,24-,25?,30+,31+,32-/m0/s1. The molecule has 5 nitrogen and oxygen atoms in total. The van der Waals surface area contributed by atoms with Gasteiger partial charge in [0.15, 0.2) is 11.6 Å². The molecule has 0 spiro atoms. The number of carboxylic acids is 1. The van der Waals surface area contributed by atoms with E-state index in [2.05, 4.69) is 47.6 Å². The van der Waals surface area contributed by atoms with Gasteiger partial charge in [-0.1, -0.05) is 73.0 Å². The number of nitrogens with zero attached hydrogens (tertiary/aromatic N) is 1. The van der Waals surface area contributed by atoms with Crippen LogP contribution in [0.4, 0.5) is 0 Å². The van der Waals surface area contributed by atoms with Crippen LogP contribution in [0.5, 0.6) is 0 Å². The molecule has 2 fully saturated rings. The first kappa shape index (κ1) is 29.3. The lowest BCUT2D eigenvalue weighted by molar-refractivity contribution is -0.157. The Morgan fingerprint density at radius 2 is 1.92 bits per heavy atom. The molecule has 0 radical (unpaired) electrons. The third-order valence-electron chi connectivity index (χ3n) is 11.0. The molecule has 2 saturated carbocycles. The number of carbonyl (C=O) groups is 3. The molecule has 0 aliphatic heterocycles. The molecule has 204 valence electrons. The summed E-state index contributed by atoms with van der Waals surface area (Å²) in [5.41, 5.74) is -0.353. The molecule has 3 aliphatic carbocycles. The average Bonchev–Trinajstić information content (AvgIpc) is 2.86. The second kappa shape index (κ2) is 10.5. The Labute approximate surface area is 223 Å². The molecule has 1 unspecified atom stereocenters. The summed E-state index contributed by atoms with van der Waals surface area (Å²) < 4.78 is 0. The van der Waals surface area contributed by atoms with Crippen molar-refractivity contribution in [3.8, 4) is 6.07 Å². The maximum absolute atomic E-state index is 14.1. The maximum Gasteiger partial charge on any atom is 0.309 e. The van der Waals surface area contributed by atoms with Crippen LogP contribution in [0.2, 0.25) is 0 Å². The highest BCUT2D eigenvalue weighted by atomic mass is 16.4. The molecule has 5 heteroatoms. The number of ketones is 2. The fraction of sp³-hybridized carbons (Fsp3) is 0.750. The Balaban J connectivity index is 2.00. The number of hydrogen-bond acceptors (Lipinski definition) is 4. The number of aliphatic carboxylic acids is 1. The molecule has 0 aromatic carbocycles. The first-order valence-electron chi connectivity index (χ1n) is 14.3. The molecule has 0 heterocycles. The second-order valence-corrected chi connectivity index (χ2v) is 13.5. The van der Waals surface area contributed by atoms with E-state index in [1.165, 1.54) is 0 Å². The smallest absolute Gasteiger partial charge is 0.309 e. The number of carboxylic acid groups (broad SMARTS) is 1. The summed E-state index contributed by atoms with van der Waals surface area (Å²) in [6, 6.07) is 2.09. The van der Waals surface area contributed by atoms with E-state index in [9.17, 15) is 24.8 Å². The minimum absolute atomic E-state index is 0.0257. The van der Waals surface area contributed by atoms with Gasteiger partial charge >= 0.3 is 5.97 Å². The van der Waals surface area contributed by atoms with E-state index < -0.39 is 16.8 Å². The van der Waals surface area contributed by atoms with E-state index in [0.29, 0.717) is 19.3 Å². The molecule has 0 aromatic rings. The number of Topliss-reactive ketones (excluding diaryl/α,β-unsaturated/α-hetero) is 1. The Bertz CT molecular complexity index is 1050. The van der Waals surface area contributed by atoms with Crippen molar-refractivity contribution in [3.63, 3.8) is 0 Å². The van der Waals surface area contributed by atoms with Gasteiger partial charge in [-0.05, 0) is 74.2 Å². The van der Waals surface area contributed by atoms with Crippen LogP contribution in [0.15, 0.2) is 23.3 Å². The highest BCUT2D eigenvalue weighted by Crippen LogP contribution is 2.56. The van der Waals surface area contributed by atoms with Crippen molar-refractivity contribution in [1.82, 2.24) is 0 Å². The quantitative estimate of drug-likeness (QED) is 0.343. The zero-order chi connectivity index (χ0) is 27.8. The van der Waals surface area contributed by atoms with Gasteiger partial charge in [0.2, 0.25) is 0 Å². The van der Waals surface area contributed by atoms with Gasteiger partial charge in [0.25, 0.3) is 0 Å². The van der Waals surface area contributed by atoms with Gasteiger partial charge in [-0.3, -0.25) is 14.4 Å². The van der Waals surface area contributed by atoms with Crippen molar-refractivity contribution in [2.75, 3.05) is 0 Å². The van der Waals surface area contributed by atoms with Crippen LogP contribution in [0.3, 0.4) is 0 Å². The monoisotopic (exact) mass is 509 g/mol. The lowest BCUT2D eigenvalue weighted by atomic mass is 9.53. The van der Waals surface area contributed by atoms with E-state index in [0.717, 1.165) is 50.5 Å². The molecule has 0 saturated heterocycles. The zero-order valence-corrected chi connectivity index (χ0v) is 24.1. The highest BCUT2D eigenvalue weighted by molar-refractivity contribution is 6.02. The summed E-state index contributed by atoms with van der Waals surface area (Å²) in [7, 11) is 0. The SMILES string of the molecule is CCC(C)(C)CC[C@]1(C(=O)O)CC[C@@](C)(CC)C(C(=O)/C=C2\CCC[C@H]3[C@H](C)C(=O)C(C#N)=C[C@]23C)C1. The molecule has 3 rings (SSSR count). The first-order valence-corrected chi connectivity index (χ1v) is 14.3. The van der Waals surface area contributed by atoms with Gasteiger partial charge in [0.1, 0.15) is 6.07 Å². The van der Waals surface area contributed by atoms with Crippen LogP contribution in [-0.4, -0.2) is 22.6 Å². The molecule has 37 heavy (non-hydrogen) atoms. The van der Waals surface area contributed by atoms with Gasteiger partial charge in [-0.15, -0.1) is 0 Å². The zero-order valence-electron chi connectivity index (χ0n) is 24.1. The molecular formula is C32H47NO4. The Kier molecular flexibility index (Phi) is 8.33. The lowest BCUT2D eigenvalue weighted by Gasteiger charge is -2.49. The molecule has 0 amide bonds. The Hall–Kier alpha value is -2.22. The summed E-state index contributed by atoms with van der Waals surface area (Å²) in [6.45, 7) is 14.8. The number of nitriles is 1. The van der Waals surface area contributed by atoms with E-state index in [1.807, 2.05) is 13.0 Å². The second-order valence-electron chi connectivity index (χ2n) is 13.5. The summed E-state index contributed by atoms with van der Waals surface area (Å²) >= 11 is 0. The van der Waals surface area contributed by atoms with E-state index in [-0.39, 0.29) is 45.7 Å². The number of hydrogen-bond donors (Lipinski definition) is 1. The fourth-order valence-corrected chi connectivity index (χ4v) is 7.26. The summed E-state index contributed by atoms with van der Waals surface area (Å²) in [4.78, 5) is 39.5. The number of allylic oxidation sites excluding steroid dienone is 4. The molecule has 6 atom stereocenters. The molecule has 1 N–H and O–H groups in total. The lowest BCUT2D eigenvalue weighted by Crippen LogP contribution is -2.47. The predicted molar refractivity (Wildman–Crippen MR) is 146 cm³/mol. The minimum Gasteiger partial charge on any atom is -0.481 e. The minimum atomic E-state index is -0.876. The average molecular weight is 510 g/mol. The number of fused-ring (bicyclic) bond motifs is 1. The maximum atomic E-state index is 14.1. The van der Waals surface area contributed by atoms with Gasteiger partial charge in [-0.25, -0.2) is 0 Å². The van der Waals surface area contributed by atoms with E-state index >= 15 is 0 Å². The topological polar surface area (TPSA) is 95.2 Å². The molecular weight excluding hydrogens is 462 g/mol. The largest absolute Gasteiger partial charge is 0.481 e. The van der Waals surface area contributed by atoms with Gasteiger partial charge < -0.3 is 5.11 Å². The normalized spacial score (nSPS) is 37.5.